The molecule has 3 rings (SSSR count). The Labute approximate surface area is 172 Å². The van der Waals surface area contributed by atoms with Crippen LogP contribution in [0.15, 0.2) is 30.3 Å². The number of carbonyl (C=O) groups excluding carboxylic acids is 2. The van der Waals surface area contributed by atoms with Gasteiger partial charge in [0.1, 0.15) is 12.6 Å². The number of ether oxygens (including phenoxy) is 3. The predicted molar refractivity (Wildman–Crippen MR) is 108 cm³/mol. The van der Waals surface area contributed by atoms with Crippen molar-refractivity contribution < 1.29 is 23.8 Å². The lowest BCUT2D eigenvalue weighted by Gasteiger charge is -2.34. The first-order valence-electron chi connectivity index (χ1n) is 10.7. The SMILES string of the molecule is CCOC(OCC)[C@@H]1CCCN1C(=O)[C@@H]1CCCN1C(=O)OCc1ccccc1. The Hall–Kier alpha value is -2.12. The van der Waals surface area contributed by atoms with Crippen LogP contribution in [0.3, 0.4) is 0 Å². The van der Waals surface area contributed by atoms with Gasteiger partial charge in [-0.15, -0.1) is 0 Å². The Morgan fingerprint density at radius 3 is 2.34 bits per heavy atom. The van der Waals surface area contributed by atoms with E-state index in [2.05, 4.69) is 0 Å². The molecule has 2 saturated heterocycles. The van der Waals surface area contributed by atoms with E-state index in [1.54, 1.807) is 4.90 Å². The number of hydrogen-bond donors (Lipinski definition) is 0. The van der Waals surface area contributed by atoms with Gasteiger partial charge < -0.3 is 19.1 Å². The molecule has 0 N–H and O–H groups in total. The van der Waals surface area contributed by atoms with Crippen LogP contribution < -0.4 is 0 Å². The summed E-state index contributed by atoms with van der Waals surface area (Å²) in [4.78, 5) is 29.4. The molecule has 0 radical (unpaired) electrons. The molecule has 2 aliphatic heterocycles. The van der Waals surface area contributed by atoms with Crippen LogP contribution in [0.1, 0.15) is 45.1 Å². The summed E-state index contributed by atoms with van der Waals surface area (Å²) < 4.78 is 17.0. The minimum Gasteiger partial charge on any atom is -0.445 e. The zero-order valence-electron chi connectivity index (χ0n) is 17.4. The molecule has 160 valence electrons. The Morgan fingerprint density at radius 2 is 1.66 bits per heavy atom. The Bertz CT molecular complexity index is 662. The quantitative estimate of drug-likeness (QED) is 0.623. The largest absolute Gasteiger partial charge is 0.445 e. The molecule has 2 heterocycles. The lowest BCUT2D eigenvalue weighted by Crippen LogP contribution is -2.52. The Kier molecular flexibility index (Phi) is 7.89. The van der Waals surface area contributed by atoms with E-state index in [1.165, 1.54) is 0 Å². The number of likely N-dealkylation sites (tertiary alicyclic amines) is 2. The van der Waals surface area contributed by atoms with E-state index in [-0.39, 0.29) is 18.6 Å². The van der Waals surface area contributed by atoms with Gasteiger partial charge in [-0.2, -0.15) is 0 Å². The highest BCUT2D eigenvalue weighted by Gasteiger charge is 2.43. The van der Waals surface area contributed by atoms with Crippen molar-refractivity contribution >= 4 is 12.0 Å². The molecule has 0 spiro atoms. The van der Waals surface area contributed by atoms with E-state index >= 15 is 0 Å². The van der Waals surface area contributed by atoms with Gasteiger partial charge in [0.15, 0.2) is 6.29 Å². The molecular weight excluding hydrogens is 372 g/mol. The Morgan fingerprint density at radius 1 is 1.00 bits per heavy atom. The minimum atomic E-state index is -0.470. The third-order valence-electron chi connectivity index (χ3n) is 5.54. The van der Waals surface area contributed by atoms with Crippen LogP contribution in [0.2, 0.25) is 0 Å². The molecule has 2 atom stereocenters. The summed E-state index contributed by atoms with van der Waals surface area (Å²) >= 11 is 0. The number of rotatable bonds is 8. The molecule has 7 heteroatoms. The van der Waals surface area contributed by atoms with Gasteiger partial charge in [0.2, 0.25) is 5.91 Å². The van der Waals surface area contributed by atoms with Gasteiger partial charge in [0.05, 0.1) is 6.04 Å². The molecule has 1 aromatic carbocycles. The van der Waals surface area contributed by atoms with Gasteiger partial charge in [-0.3, -0.25) is 9.69 Å². The van der Waals surface area contributed by atoms with E-state index in [1.807, 2.05) is 49.1 Å². The second-order valence-electron chi connectivity index (χ2n) is 7.41. The van der Waals surface area contributed by atoms with E-state index in [4.69, 9.17) is 14.2 Å². The zero-order valence-corrected chi connectivity index (χ0v) is 17.4. The lowest BCUT2D eigenvalue weighted by atomic mass is 10.1. The average molecular weight is 405 g/mol. The monoisotopic (exact) mass is 404 g/mol. The maximum absolute atomic E-state index is 13.3. The molecule has 0 saturated carbocycles. The average Bonchev–Trinajstić information content (AvgIpc) is 3.42. The summed E-state index contributed by atoms with van der Waals surface area (Å²) in [6.45, 7) is 6.34. The summed E-state index contributed by atoms with van der Waals surface area (Å²) in [5.41, 5.74) is 0.929. The number of amides is 2. The third-order valence-corrected chi connectivity index (χ3v) is 5.54. The second-order valence-corrected chi connectivity index (χ2v) is 7.41. The first-order chi connectivity index (χ1) is 14.2. The fourth-order valence-corrected chi connectivity index (χ4v) is 4.18. The molecule has 2 fully saturated rings. The van der Waals surface area contributed by atoms with Crippen LogP contribution in [0, 0.1) is 0 Å². The first kappa shape index (κ1) is 21.6. The smallest absolute Gasteiger partial charge is 0.410 e. The van der Waals surface area contributed by atoms with Crippen LogP contribution >= 0.6 is 0 Å². The first-order valence-corrected chi connectivity index (χ1v) is 10.7. The molecule has 7 nitrogen and oxygen atoms in total. The minimum absolute atomic E-state index is 0.0222. The molecule has 1 aromatic rings. The van der Waals surface area contributed by atoms with Crippen molar-refractivity contribution in [3.8, 4) is 0 Å². The Balaban J connectivity index is 1.63. The lowest BCUT2D eigenvalue weighted by molar-refractivity contribution is -0.176. The fourth-order valence-electron chi connectivity index (χ4n) is 4.18. The van der Waals surface area contributed by atoms with Crippen molar-refractivity contribution in [2.45, 2.75) is 64.5 Å². The van der Waals surface area contributed by atoms with Gasteiger partial charge in [-0.1, -0.05) is 30.3 Å². The van der Waals surface area contributed by atoms with Crippen molar-refractivity contribution in [2.24, 2.45) is 0 Å². The summed E-state index contributed by atoms with van der Waals surface area (Å²) in [5, 5.41) is 0. The van der Waals surface area contributed by atoms with E-state index < -0.39 is 18.4 Å². The molecule has 0 aromatic heterocycles. The second kappa shape index (κ2) is 10.6. The van der Waals surface area contributed by atoms with Crippen molar-refractivity contribution in [2.75, 3.05) is 26.3 Å². The highest BCUT2D eigenvalue weighted by Crippen LogP contribution is 2.28. The van der Waals surface area contributed by atoms with Gasteiger partial charge in [-0.05, 0) is 45.1 Å². The molecule has 2 aliphatic rings. The summed E-state index contributed by atoms with van der Waals surface area (Å²) in [6, 6.07) is 8.99. The van der Waals surface area contributed by atoms with Crippen LogP contribution in [-0.4, -0.2) is 66.5 Å². The fraction of sp³-hybridized carbons (Fsp3) is 0.636. The number of hydrogen-bond acceptors (Lipinski definition) is 5. The van der Waals surface area contributed by atoms with Crippen LogP contribution in [0.5, 0.6) is 0 Å². The number of nitrogens with zero attached hydrogens (tertiary/aromatic N) is 2. The molecule has 0 aliphatic carbocycles. The standard InChI is InChI=1S/C22H32N2O5/c1-3-27-21(28-4-2)19-13-9-14-23(19)20(25)18-12-8-15-24(18)22(26)29-16-17-10-6-5-7-11-17/h5-7,10-11,18-19,21H,3-4,8-9,12-16H2,1-2H3/t18-,19-/m0/s1. The van der Waals surface area contributed by atoms with Crippen LogP contribution in [0.4, 0.5) is 4.79 Å². The van der Waals surface area contributed by atoms with Crippen molar-refractivity contribution in [1.82, 2.24) is 9.80 Å². The number of benzene rings is 1. The van der Waals surface area contributed by atoms with E-state index in [0.717, 1.165) is 24.8 Å². The van der Waals surface area contributed by atoms with Crippen molar-refractivity contribution in [1.29, 1.82) is 0 Å². The highest BCUT2D eigenvalue weighted by molar-refractivity contribution is 5.86. The van der Waals surface area contributed by atoms with E-state index in [9.17, 15) is 9.59 Å². The summed E-state index contributed by atoms with van der Waals surface area (Å²) in [7, 11) is 0. The van der Waals surface area contributed by atoms with Gasteiger partial charge in [-0.25, -0.2) is 4.79 Å². The van der Waals surface area contributed by atoms with Crippen LogP contribution in [0.25, 0.3) is 0 Å². The van der Waals surface area contributed by atoms with Gasteiger partial charge in [0, 0.05) is 26.3 Å². The molecule has 29 heavy (non-hydrogen) atoms. The van der Waals surface area contributed by atoms with Gasteiger partial charge >= 0.3 is 6.09 Å². The third kappa shape index (κ3) is 5.28. The van der Waals surface area contributed by atoms with Gasteiger partial charge in [0.25, 0.3) is 0 Å². The van der Waals surface area contributed by atoms with Crippen molar-refractivity contribution in [3.63, 3.8) is 0 Å². The zero-order chi connectivity index (χ0) is 20.6. The topological polar surface area (TPSA) is 68.3 Å². The highest BCUT2D eigenvalue weighted by atomic mass is 16.7. The summed E-state index contributed by atoms with van der Waals surface area (Å²) in [6.07, 6.45) is 2.38. The maximum Gasteiger partial charge on any atom is 0.410 e. The van der Waals surface area contributed by atoms with E-state index in [0.29, 0.717) is 32.7 Å². The van der Waals surface area contributed by atoms with Crippen LogP contribution in [-0.2, 0) is 25.6 Å². The van der Waals surface area contributed by atoms with Crippen molar-refractivity contribution in [3.05, 3.63) is 35.9 Å². The normalized spacial score (nSPS) is 21.8. The predicted octanol–water partition coefficient (Wildman–Crippen LogP) is 3.18. The summed E-state index contributed by atoms with van der Waals surface area (Å²) in [5.74, 6) is -0.0222. The molecule has 0 bridgehead atoms. The maximum atomic E-state index is 13.3. The molecule has 0 unspecified atom stereocenters. The number of carbonyl (C=O) groups is 2. The molecular formula is C22H32N2O5. The molecule has 2 amide bonds.